The molecule has 0 aliphatic carbocycles. The van der Waals surface area contributed by atoms with Crippen LogP contribution in [0.15, 0.2) is 34.0 Å². The number of rotatable bonds is 3. The van der Waals surface area contributed by atoms with Gasteiger partial charge in [-0.2, -0.15) is 4.98 Å². The average Bonchev–Trinajstić information content (AvgIpc) is 2.37. The summed E-state index contributed by atoms with van der Waals surface area (Å²) in [5.74, 6) is 1.16. The molecule has 2 aromatic rings. The fourth-order valence-electron chi connectivity index (χ4n) is 1.46. The van der Waals surface area contributed by atoms with E-state index in [9.17, 15) is 9.90 Å². The summed E-state index contributed by atoms with van der Waals surface area (Å²) in [7, 11) is 0. The first kappa shape index (κ1) is 13.4. The molecule has 18 heavy (non-hydrogen) atoms. The molecule has 1 aromatic heterocycles. The number of nitrogens with zero attached hydrogens (tertiary/aromatic N) is 1. The van der Waals surface area contributed by atoms with E-state index in [0.717, 1.165) is 11.3 Å². The van der Waals surface area contributed by atoms with Crippen molar-refractivity contribution in [1.82, 2.24) is 9.97 Å². The molecule has 0 amide bonds. The molecule has 0 unspecified atom stereocenters. The van der Waals surface area contributed by atoms with Gasteiger partial charge < -0.3 is 10.1 Å². The monoisotopic (exact) mass is 374 g/mol. The third kappa shape index (κ3) is 2.86. The number of halogens is 1. The largest absolute Gasteiger partial charge is 0.492 e. The SMILES string of the molecule is CCSc1ccc(-c2nc(O)c(I)c(=O)[nH]2)cc1. The van der Waals surface area contributed by atoms with Crippen LogP contribution < -0.4 is 5.56 Å². The number of H-pyrrole nitrogens is 1. The maximum absolute atomic E-state index is 11.5. The Morgan fingerprint density at radius 1 is 1.39 bits per heavy atom. The predicted octanol–water partition coefficient (Wildman–Crippen LogP) is 2.86. The van der Waals surface area contributed by atoms with Crippen molar-refractivity contribution in [3.05, 3.63) is 38.2 Å². The second-order valence-corrected chi connectivity index (χ2v) is 5.93. The summed E-state index contributed by atoms with van der Waals surface area (Å²) in [5, 5.41) is 9.54. The Morgan fingerprint density at radius 2 is 2.06 bits per heavy atom. The van der Waals surface area contributed by atoms with Crippen LogP contribution in [0.3, 0.4) is 0 Å². The molecule has 0 atom stereocenters. The van der Waals surface area contributed by atoms with Crippen molar-refractivity contribution >= 4 is 34.4 Å². The van der Waals surface area contributed by atoms with Crippen LogP contribution in [0.25, 0.3) is 11.4 Å². The Morgan fingerprint density at radius 3 is 2.61 bits per heavy atom. The van der Waals surface area contributed by atoms with E-state index in [-0.39, 0.29) is 15.0 Å². The minimum Gasteiger partial charge on any atom is -0.492 e. The van der Waals surface area contributed by atoms with E-state index in [4.69, 9.17) is 0 Å². The zero-order chi connectivity index (χ0) is 13.1. The minimum atomic E-state index is -0.329. The zero-order valence-corrected chi connectivity index (χ0v) is 12.6. The Hall–Kier alpha value is -1.02. The molecule has 2 N–H and O–H groups in total. The van der Waals surface area contributed by atoms with E-state index >= 15 is 0 Å². The van der Waals surface area contributed by atoms with E-state index in [1.165, 1.54) is 4.90 Å². The quantitative estimate of drug-likeness (QED) is 0.641. The van der Waals surface area contributed by atoms with Gasteiger partial charge in [0.1, 0.15) is 9.39 Å². The van der Waals surface area contributed by atoms with Gasteiger partial charge in [-0.15, -0.1) is 11.8 Å². The van der Waals surface area contributed by atoms with Crippen molar-refractivity contribution < 1.29 is 5.11 Å². The van der Waals surface area contributed by atoms with Crippen molar-refractivity contribution in [1.29, 1.82) is 0 Å². The molecule has 0 saturated carbocycles. The molecule has 94 valence electrons. The molecule has 4 nitrogen and oxygen atoms in total. The van der Waals surface area contributed by atoms with Gasteiger partial charge >= 0.3 is 0 Å². The highest BCUT2D eigenvalue weighted by molar-refractivity contribution is 14.1. The maximum atomic E-state index is 11.5. The number of thioether (sulfide) groups is 1. The maximum Gasteiger partial charge on any atom is 0.268 e. The number of aromatic hydroxyl groups is 1. The normalized spacial score (nSPS) is 10.6. The highest BCUT2D eigenvalue weighted by atomic mass is 127. The summed E-state index contributed by atoms with van der Waals surface area (Å²) in [5.41, 5.74) is 0.448. The van der Waals surface area contributed by atoms with Crippen molar-refractivity contribution in [2.75, 3.05) is 5.75 Å². The van der Waals surface area contributed by atoms with Crippen LogP contribution in [0.5, 0.6) is 5.88 Å². The first-order chi connectivity index (χ1) is 8.61. The standard InChI is InChI=1S/C12H11IN2O2S/c1-2-18-8-5-3-7(4-6-8)10-14-11(16)9(13)12(17)15-10/h3-6H,2H2,1H3,(H2,14,15,16,17). The Bertz CT molecular complexity index is 610. The Balaban J connectivity index is 2.40. The summed E-state index contributed by atoms with van der Waals surface area (Å²) in [4.78, 5) is 19.3. The van der Waals surface area contributed by atoms with Gasteiger partial charge in [-0.25, -0.2) is 0 Å². The Labute approximate surface area is 122 Å². The van der Waals surface area contributed by atoms with Crippen molar-refractivity contribution in [2.45, 2.75) is 11.8 Å². The number of aromatic nitrogens is 2. The lowest BCUT2D eigenvalue weighted by atomic mass is 10.2. The lowest BCUT2D eigenvalue weighted by Crippen LogP contribution is -2.12. The van der Waals surface area contributed by atoms with Crippen molar-refractivity contribution in [3.63, 3.8) is 0 Å². The van der Waals surface area contributed by atoms with E-state index in [1.54, 1.807) is 34.4 Å². The lowest BCUT2D eigenvalue weighted by Gasteiger charge is -2.04. The molecular formula is C12H11IN2O2S. The van der Waals surface area contributed by atoms with Crippen LogP contribution in [0.2, 0.25) is 0 Å². The van der Waals surface area contributed by atoms with Gasteiger partial charge in [0.2, 0.25) is 5.88 Å². The molecule has 0 radical (unpaired) electrons. The summed E-state index contributed by atoms with van der Waals surface area (Å²) in [6.07, 6.45) is 0. The predicted molar refractivity (Wildman–Crippen MR) is 81.1 cm³/mol. The molecule has 2 rings (SSSR count). The molecule has 0 aliphatic rings. The van der Waals surface area contributed by atoms with Gasteiger partial charge in [0.15, 0.2) is 0 Å². The molecule has 1 aromatic carbocycles. The second-order valence-electron chi connectivity index (χ2n) is 3.51. The van der Waals surface area contributed by atoms with Crippen LogP contribution in [-0.2, 0) is 0 Å². The van der Waals surface area contributed by atoms with Crippen LogP contribution in [0.4, 0.5) is 0 Å². The second kappa shape index (κ2) is 5.75. The minimum absolute atomic E-state index is 0.203. The number of hydrogen-bond donors (Lipinski definition) is 2. The number of benzene rings is 1. The molecule has 0 bridgehead atoms. The highest BCUT2D eigenvalue weighted by Crippen LogP contribution is 2.23. The zero-order valence-electron chi connectivity index (χ0n) is 9.61. The van der Waals surface area contributed by atoms with Gasteiger partial charge in [-0.3, -0.25) is 4.79 Å². The van der Waals surface area contributed by atoms with Crippen LogP contribution in [0, 0.1) is 3.57 Å². The van der Waals surface area contributed by atoms with Crippen molar-refractivity contribution in [3.8, 4) is 17.3 Å². The number of hydrogen-bond acceptors (Lipinski definition) is 4. The molecule has 0 fully saturated rings. The fraction of sp³-hybridized carbons (Fsp3) is 0.167. The molecule has 1 heterocycles. The smallest absolute Gasteiger partial charge is 0.268 e. The van der Waals surface area contributed by atoms with E-state index in [1.807, 2.05) is 24.3 Å². The topological polar surface area (TPSA) is 66.0 Å². The van der Waals surface area contributed by atoms with Crippen LogP contribution in [-0.4, -0.2) is 20.8 Å². The van der Waals surface area contributed by atoms with Crippen LogP contribution in [0.1, 0.15) is 6.92 Å². The van der Waals surface area contributed by atoms with Gasteiger partial charge in [0, 0.05) is 10.5 Å². The van der Waals surface area contributed by atoms with E-state index in [0.29, 0.717) is 5.82 Å². The number of nitrogens with one attached hydrogen (secondary N) is 1. The summed E-state index contributed by atoms with van der Waals surface area (Å²) >= 11 is 3.51. The van der Waals surface area contributed by atoms with Gasteiger partial charge in [0.25, 0.3) is 5.56 Å². The van der Waals surface area contributed by atoms with Crippen LogP contribution >= 0.6 is 34.4 Å². The summed E-state index contributed by atoms with van der Waals surface area (Å²) in [6.45, 7) is 2.09. The van der Waals surface area contributed by atoms with E-state index in [2.05, 4.69) is 16.9 Å². The van der Waals surface area contributed by atoms with E-state index < -0.39 is 0 Å². The van der Waals surface area contributed by atoms with Crippen molar-refractivity contribution in [2.24, 2.45) is 0 Å². The first-order valence-electron chi connectivity index (χ1n) is 5.34. The Kier molecular flexibility index (Phi) is 4.28. The van der Waals surface area contributed by atoms with Gasteiger partial charge in [-0.05, 0) is 40.5 Å². The highest BCUT2D eigenvalue weighted by Gasteiger charge is 2.08. The average molecular weight is 374 g/mol. The first-order valence-corrected chi connectivity index (χ1v) is 7.40. The molecule has 0 saturated heterocycles. The van der Waals surface area contributed by atoms with Gasteiger partial charge in [-0.1, -0.05) is 19.1 Å². The lowest BCUT2D eigenvalue weighted by molar-refractivity contribution is 0.447. The number of aromatic amines is 1. The molecule has 0 aliphatic heterocycles. The fourth-order valence-corrected chi connectivity index (χ4v) is 2.38. The molecular weight excluding hydrogens is 363 g/mol. The third-order valence-corrected chi connectivity index (χ3v) is 4.15. The molecule has 6 heteroatoms. The van der Waals surface area contributed by atoms with Gasteiger partial charge in [0.05, 0.1) is 0 Å². The third-order valence-electron chi connectivity index (χ3n) is 2.28. The molecule has 0 spiro atoms. The summed E-state index contributed by atoms with van der Waals surface area (Å²) in [6, 6.07) is 7.70. The summed E-state index contributed by atoms with van der Waals surface area (Å²) < 4.78 is 0.203.